The molecule has 0 bridgehead atoms. The van der Waals surface area contributed by atoms with Crippen LogP contribution in [0.15, 0.2) is 52.6 Å². The van der Waals surface area contributed by atoms with Crippen LogP contribution >= 0.6 is 0 Å². The number of nitroso groups, excluding NO2 is 1. The summed E-state index contributed by atoms with van der Waals surface area (Å²) in [7, 11) is 1.68. The Morgan fingerprint density at radius 3 is 2.44 bits per heavy atom. The van der Waals surface area contributed by atoms with Gasteiger partial charge in [-0.05, 0) is 93.8 Å². The van der Waals surface area contributed by atoms with Gasteiger partial charge in [-0.2, -0.15) is 0 Å². The summed E-state index contributed by atoms with van der Waals surface area (Å²) in [6.07, 6.45) is 8.83. The summed E-state index contributed by atoms with van der Waals surface area (Å²) in [5, 5.41) is 3.28. The predicted octanol–water partition coefficient (Wildman–Crippen LogP) is 7.00. The lowest BCUT2D eigenvalue weighted by Crippen LogP contribution is -2.21. The zero-order chi connectivity index (χ0) is 26.2. The molecule has 7 heteroatoms. The van der Waals surface area contributed by atoms with Crippen LogP contribution in [0.25, 0.3) is 17.2 Å². The molecule has 0 saturated heterocycles. The summed E-state index contributed by atoms with van der Waals surface area (Å²) in [5.41, 5.74) is 9.33. The van der Waals surface area contributed by atoms with Crippen LogP contribution in [-0.4, -0.2) is 4.57 Å². The van der Waals surface area contributed by atoms with Crippen LogP contribution in [0.5, 0.6) is 11.5 Å². The normalized spacial score (nSPS) is 13.8. The van der Waals surface area contributed by atoms with Crippen molar-refractivity contribution in [1.29, 1.82) is 0 Å². The van der Waals surface area contributed by atoms with Gasteiger partial charge in [0, 0.05) is 24.4 Å². The summed E-state index contributed by atoms with van der Waals surface area (Å²) in [6, 6.07) is 8.19. The van der Waals surface area contributed by atoms with Crippen LogP contribution in [0.1, 0.15) is 55.4 Å². The molecule has 1 aromatic heterocycles. The molecule has 0 spiro atoms. The zero-order valence-electron chi connectivity index (χ0n) is 21.4. The lowest BCUT2D eigenvalue weighted by molar-refractivity contribution is 0.472. The maximum absolute atomic E-state index is 13.9. The van der Waals surface area contributed by atoms with Gasteiger partial charge in [0.1, 0.15) is 22.9 Å². The van der Waals surface area contributed by atoms with Gasteiger partial charge in [-0.3, -0.25) is 4.79 Å². The number of nitrogen functional groups attached to an aromatic ring is 1. The smallest absolute Gasteiger partial charge is 0.259 e. The molecule has 0 aliphatic heterocycles. The van der Waals surface area contributed by atoms with E-state index in [0.29, 0.717) is 56.5 Å². The van der Waals surface area contributed by atoms with Crippen LogP contribution in [0.3, 0.4) is 0 Å². The lowest BCUT2D eigenvalue weighted by Gasteiger charge is -2.21. The average molecular weight is 490 g/mol. The SMILES string of the molecule is Cc1cc(F)cc(C)c1Oc1ccc(C(C)(C)N=O)cc1-c1cn(C)c(=O)c(/C=C/CC2CC2)c1N. The number of pyridine rings is 1. The van der Waals surface area contributed by atoms with E-state index in [-0.39, 0.29) is 11.4 Å². The van der Waals surface area contributed by atoms with Gasteiger partial charge >= 0.3 is 0 Å². The monoisotopic (exact) mass is 489 g/mol. The van der Waals surface area contributed by atoms with Gasteiger partial charge in [0.2, 0.25) is 0 Å². The lowest BCUT2D eigenvalue weighted by atomic mass is 9.91. The second-order valence-corrected chi connectivity index (χ2v) is 10.2. The number of benzene rings is 2. The highest BCUT2D eigenvalue weighted by Crippen LogP contribution is 2.41. The van der Waals surface area contributed by atoms with E-state index in [1.807, 2.05) is 12.1 Å². The molecule has 0 unspecified atom stereocenters. The van der Waals surface area contributed by atoms with Crippen LogP contribution in [0, 0.1) is 30.5 Å². The van der Waals surface area contributed by atoms with E-state index in [9.17, 15) is 14.1 Å². The molecule has 0 radical (unpaired) electrons. The molecular weight excluding hydrogens is 457 g/mol. The van der Waals surface area contributed by atoms with E-state index in [1.165, 1.54) is 29.5 Å². The van der Waals surface area contributed by atoms with Crippen LogP contribution in [0.4, 0.5) is 10.1 Å². The second kappa shape index (κ2) is 9.72. The fourth-order valence-electron chi connectivity index (χ4n) is 4.31. The Kier molecular flexibility index (Phi) is 6.85. The Morgan fingerprint density at radius 1 is 1.17 bits per heavy atom. The quantitative estimate of drug-likeness (QED) is 0.345. The number of hydrogen-bond acceptors (Lipinski definition) is 5. The van der Waals surface area contributed by atoms with Crippen molar-refractivity contribution >= 4 is 11.8 Å². The first-order chi connectivity index (χ1) is 17.0. The van der Waals surface area contributed by atoms with Crippen molar-refractivity contribution in [3.05, 3.63) is 85.9 Å². The van der Waals surface area contributed by atoms with Crippen LogP contribution < -0.4 is 16.0 Å². The van der Waals surface area contributed by atoms with E-state index < -0.39 is 5.54 Å². The number of rotatable bonds is 8. The molecule has 2 aromatic carbocycles. The van der Waals surface area contributed by atoms with Gasteiger partial charge in [0.15, 0.2) is 0 Å². The number of nitrogens with zero attached hydrogens (tertiary/aromatic N) is 2. The maximum atomic E-state index is 13.9. The second-order valence-electron chi connectivity index (χ2n) is 10.2. The minimum atomic E-state index is -0.989. The summed E-state index contributed by atoms with van der Waals surface area (Å²) in [4.78, 5) is 24.5. The first-order valence-electron chi connectivity index (χ1n) is 12.1. The van der Waals surface area contributed by atoms with Crippen LogP contribution in [0.2, 0.25) is 0 Å². The number of halogens is 1. The molecule has 1 saturated carbocycles. The van der Waals surface area contributed by atoms with E-state index in [0.717, 1.165) is 6.42 Å². The summed E-state index contributed by atoms with van der Waals surface area (Å²) in [5.74, 6) is 1.35. The number of ether oxygens (including phenoxy) is 1. The molecule has 1 fully saturated rings. The van der Waals surface area contributed by atoms with Crippen molar-refractivity contribution in [3.63, 3.8) is 0 Å². The summed E-state index contributed by atoms with van der Waals surface area (Å²) >= 11 is 0. The van der Waals surface area contributed by atoms with Gasteiger partial charge < -0.3 is 15.0 Å². The summed E-state index contributed by atoms with van der Waals surface area (Å²) < 4.78 is 21.7. The van der Waals surface area contributed by atoms with Crippen molar-refractivity contribution in [2.45, 2.75) is 52.5 Å². The third kappa shape index (κ3) is 5.10. The van der Waals surface area contributed by atoms with Crippen molar-refractivity contribution in [2.24, 2.45) is 18.1 Å². The average Bonchev–Trinajstić information content (AvgIpc) is 3.65. The molecule has 4 rings (SSSR count). The Hall–Kier alpha value is -3.74. The molecule has 3 aromatic rings. The highest BCUT2D eigenvalue weighted by Gasteiger charge is 2.25. The summed E-state index contributed by atoms with van der Waals surface area (Å²) in [6.45, 7) is 7.01. The van der Waals surface area contributed by atoms with E-state index >= 15 is 0 Å². The number of aryl methyl sites for hydroxylation is 3. The molecule has 0 atom stereocenters. The molecular formula is C29H32FN3O3. The van der Waals surface area contributed by atoms with Crippen molar-refractivity contribution in [2.75, 3.05) is 5.73 Å². The fraction of sp³-hybridized carbons (Fsp3) is 0.345. The Morgan fingerprint density at radius 2 is 1.83 bits per heavy atom. The van der Waals surface area contributed by atoms with Crippen molar-refractivity contribution < 1.29 is 9.13 Å². The van der Waals surface area contributed by atoms with E-state index in [2.05, 4.69) is 5.18 Å². The Labute approximate surface area is 210 Å². The van der Waals surface area contributed by atoms with Gasteiger partial charge in [0.05, 0.1) is 11.3 Å². The van der Waals surface area contributed by atoms with Crippen LogP contribution in [-0.2, 0) is 12.6 Å². The maximum Gasteiger partial charge on any atom is 0.259 e. The molecule has 1 aliphatic rings. The third-order valence-corrected chi connectivity index (χ3v) is 6.75. The Bertz CT molecular complexity index is 1390. The number of aromatic nitrogens is 1. The van der Waals surface area contributed by atoms with Gasteiger partial charge in [-0.1, -0.05) is 23.4 Å². The molecule has 188 valence electrons. The van der Waals surface area contributed by atoms with Gasteiger partial charge in [-0.15, -0.1) is 4.91 Å². The van der Waals surface area contributed by atoms with Crippen molar-refractivity contribution in [3.8, 4) is 22.6 Å². The molecule has 0 amide bonds. The predicted molar refractivity (Wildman–Crippen MR) is 143 cm³/mol. The third-order valence-electron chi connectivity index (χ3n) is 6.75. The standard InChI is InChI=1S/C29H32FN3O3/c1-17-13-21(30)14-18(2)27(17)36-25-12-11-20(29(3,4)32-35)15-23(25)24-16-33(5)28(34)22(26(24)31)8-6-7-19-9-10-19/h6,8,11-16,19H,7,9-10,31H2,1-5H3/b8-6+. The molecule has 1 heterocycles. The molecule has 6 nitrogen and oxygen atoms in total. The minimum absolute atomic E-state index is 0.193. The minimum Gasteiger partial charge on any atom is -0.456 e. The molecule has 36 heavy (non-hydrogen) atoms. The molecule has 1 aliphatic carbocycles. The van der Waals surface area contributed by atoms with E-state index in [4.69, 9.17) is 10.5 Å². The van der Waals surface area contributed by atoms with Gasteiger partial charge in [-0.25, -0.2) is 4.39 Å². The highest BCUT2D eigenvalue weighted by atomic mass is 19.1. The highest BCUT2D eigenvalue weighted by molar-refractivity contribution is 5.85. The fourth-order valence-corrected chi connectivity index (χ4v) is 4.31. The number of anilines is 1. The molecule has 2 N–H and O–H groups in total. The number of hydrogen-bond donors (Lipinski definition) is 1. The van der Waals surface area contributed by atoms with Crippen molar-refractivity contribution in [1.82, 2.24) is 4.57 Å². The largest absolute Gasteiger partial charge is 0.456 e. The Balaban J connectivity index is 1.90. The first-order valence-corrected chi connectivity index (χ1v) is 12.1. The number of nitrogens with two attached hydrogens (primary N) is 1. The first kappa shape index (κ1) is 25.4. The van der Waals surface area contributed by atoms with E-state index in [1.54, 1.807) is 59.1 Å². The zero-order valence-corrected chi connectivity index (χ0v) is 21.4. The van der Waals surface area contributed by atoms with Gasteiger partial charge in [0.25, 0.3) is 5.56 Å². The topological polar surface area (TPSA) is 86.7 Å². The number of allylic oxidation sites excluding steroid dienone is 1.